The number of nitrogens with zero attached hydrogens (tertiary/aromatic N) is 1. The van der Waals surface area contributed by atoms with Crippen LogP contribution in [0.5, 0.6) is 5.88 Å². The van der Waals surface area contributed by atoms with Crippen molar-refractivity contribution in [2.75, 3.05) is 0 Å². The minimum atomic E-state index is -0.697. The molecule has 2 N–H and O–H groups in total. The predicted octanol–water partition coefficient (Wildman–Crippen LogP) is -1.14. The highest BCUT2D eigenvalue weighted by atomic mass is 16.7. The van der Waals surface area contributed by atoms with Crippen LogP contribution in [-0.2, 0) is 4.79 Å². The molecule has 1 aromatic rings. The van der Waals surface area contributed by atoms with Gasteiger partial charge < -0.3 is 9.94 Å². The maximum absolute atomic E-state index is 10.6. The van der Waals surface area contributed by atoms with Gasteiger partial charge in [-0.1, -0.05) is 0 Å². The summed E-state index contributed by atoms with van der Waals surface area (Å²) in [5, 5.41) is 8.68. The number of rotatable bonds is 1. The topological polar surface area (TPSA) is 84.3 Å². The number of aromatic nitrogens is 2. The van der Waals surface area contributed by atoms with E-state index in [-0.39, 0.29) is 5.88 Å². The zero-order valence-electron chi connectivity index (χ0n) is 5.70. The van der Waals surface area contributed by atoms with E-state index < -0.39 is 11.7 Å². The maximum atomic E-state index is 10.6. The van der Waals surface area contributed by atoms with Crippen molar-refractivity contribution in [3.63, 3.8) is 0 Å². The molecule has 0 aliphatic carbocycles. The van der Waals surface area contributed by atoms with Crippen LogP contribution in [0.4, 0.5) is 0 Å². The summed E-state index contributed by atoms with van der Waals surface area (Å²) in [4.78, 5) is 27.3. The number of carbonyl (C=O) groups excluding carboxylic acids is 1. The molecular formula is C5H6N2O4. The molecule has 0 aliphatic heterocycles. The van der Waals surface area contributed by atoms with Gasteiger partial charge in [-0.15, -0.1) is 4.73 Å². The first-order valence-corrected chi connectivity index (χ1v) is 2.79. The Morgan fingerprint density at radius 2 is 2.45 bits per heavy atom. The van der Waals surface area contributed by atoms with Crippen molar-refractivity contribution in [3.05, 3.63) is 16.7 Å². The van der Waals surface area contributed by atoms with Crippen LogP contribution in [-0.4, -0.2) is 20.8 Å². The Hall–Kier alpha value is -1.72. The van der Waals surface area contributed by atoms with E-state index in [1.807, 2.05) is 4.98 Å². The van der Waals surface area contributed by atoms with Crippen molar-refractivity contribution in [2.45, 2.75) is 6.92 Å². The number of nitrogens with one attached hydrogen (secondary N) is 1. The molecule has 1 heterocycles. The zero-order chi connectivity index (χ0) is 8.43. The molecule has 0 spiro atoms. The fourth-order valence-electron chi connectivity index (χ4n) is 0.573. The van der Waals surface area contributed by atoms with Crippen molar-refractivity contribution in [2.24, 2.45) is 0 Å². The van der Waals surface area contributed by atoms with Gasteiger partial charge in [0, 0.05) is 6.92 Å². The second-order valence-electron chi connectivity index (χ2n) is 1.85. The zero-order valence-corrected chi connectivity index (χ0v) is 5.70. The van der Waals surface area contributed by atoms with E-state index in [9.17, 15) is 9.59 Å². The molecule has 11 heavy (non-hydrogen) atoms. The van der Waals surface area contributed by atoms with Gasteiger partial charge in [0.1, 0.15) is 6.20 Å². The van der Waals surface area contributed by atoms with Gasteiger partial charge in [-0.25, -0.2) is 9.59 Å². The standard InChI is InChI=1S/C5H6N2O4/c1-3(8)11-7-2-4(9)6-5(7)10/h2,9H,1H3,(H,6,10). The number of carbonyl (C=O) groups is 1. The van der Waals surface area contributed by atoms with E-state index in [0.29, 0.717) is 4.73 Å². The molecule has 1 aromatic heterocycles. The fraction of sp³-hybridized carbons (Fsp3) is 0.200. The van der Waals surface area contributed by atoms with Crippen molar-refractivity contribution >= 4 is 5.97 Å². The lowest BCUT2D eigenvalue weighted by atomic mass is 10.8. The van der Waals surface area contributed by atoms with Crippen LogP contribution < -0.4 is 10.5 Å². The van der Waals surface area contributed by atoms with E-state index in [2.05, 4.69) is 4.84 Å². The first-order valence-electron chi connectivity index (χ1n) is 2.79. The Morgan fingerprint density at radius 1 is 1.82 bits per heavy atom. The molecule has 0 fully saturated rings. The highest BCUT2D eigenvalue weighted by Gasteiger charge is 2.02. The summed E-state index contributed by atoms with van der Waals surface area (Å²) in [6.45, 7) is 1.15. The molecule has 0 unspecified atom stereocenters. The second-order valence-corrected chi connectivity index (χ2v) is 1.85. The number of aromatic amines is 1. The van der Waals surface area contributed by atoms with Gasteiger partial charge in [0.15, 0.2) is 0 Å². The molecule has 0 aliphatic rings. The lowest BCUT2D eigenvalue weighted by Gasteiger charge is -1.95. The van der Waals surface area contributed by atoms with Crippen LogP contribution in [0.25, 0.3) is 0 Å². The number of hydrogen-bond donors (Lipinski definition) is 2. The molecule has 0 radical (unpaired) electrons. The lowest BCUT2D eigenvalue weighted by Crippen LogP contribution is -2.26. The summed E-state index contributed by atoms with van der Waals surface area (Å²) in [5.41, 5.74) is -0.697. The van der Waals surface area contributed by atoms with E-state index >= 15 is 0 Å². The summed E-state index contributed by atoms with van der Waals surface area (Å²) in [6.07, 6.45) is 0.962. The van der Waals surface area contributed by atoms with Crippen molar-refractivity contribution in [1.29, 1.82) is 0 Å². The molecule has 0 saturated carbocycles. The van der Waals surface area contributed by atoms with Crippen LogP contribution in [0.15, 0.2) is 11.0 Å². The average Bonchev–Trinajstić information content (AvgIpc) is 2.09. The van der Waals surface area contributed by atoms with Gasteiger partial charge in [-0.2, -0.15) is 0 Å². The summed E-state index contributed by atoms with van der Waals surface area (Å²) in [7, 11) is 0. The molecular weight excluding hydrogens is 152 g/mol. The molecule has 6 heteroatoms. The van der Waals surface area contributed by atoms with Crippen LogP contribution in [0.2, 0.25) is 0 Å². The normalized spacial score (nSPS) is 9.55. The molecule has 0 saturated heterocycles. The third-order valence-electron chi connectivity index (χ3n) is 0.902. The minimum Gasteiger partial charge on any atom is -0.493 e. The third-order valence-corrected chi connectivity index (χ3v) is 0.902. The number of H-pyrrole nitrogens is 1. The molecule has 60 valence electrons. The smallest absolute Gasteiger partial charge is 0.361 e. The first-order chi connectivity index (χ1) is 5.09. The van der Waals surface area contributed by atoms with E-state index in [4.69, 9.17) is 5.11 Å². The Kier molecular flexibility index (Phi) is 1.67. The average molecular weight is 158 g/mol. The molecule has 0 bridgehead atoms. The first kappa shape index (κ1) is 7.39. The van der Waals surface area contributed by atoms with Gasteiger partial charge in [0.05, 0.1) is 0 Å². The Labute approximate surface area is 61.0 Å². The number of imidazole rings is 1. The Balaban J connectivity index is 2.95. The maximum Gasteiger partial charge on any atom is 0.361 e. The molecule has 0 aromatic carbocycles. The van der Waals surface area contributed by atoms with Crippen LogP contribution in [0.3, 0.4) is 0 Å². The van der Waals surface area contributed by atoms with E-state index in [0.717, 1.165) is 13.1 Å². The fourth-order valence-corrected chi connectivity index (χ4v) is 0.573. The SMILES string of the molecule is CC(=O)On1cc(O)[nH]c1=O. The van der Waals surface area contributed by atoms with Crippen LogP contribution in [0.1, 0.15) is 6.92 Å². The highest BCUT2D eigenvalue weighted by Crippen LogP contribution is 1.94. The summed E-state index contributed by atoms with van der Waals surface area (Å²) in [6, 6.07) is 0. The van der Waals surface area contributed by atoms with E-state index in [1.165, 1.54) is 0 Å². The van der Waals surface area contributed by atoms with Crippen molar-refractivity contribution in [1.82, 2.24) is 9.71 Å². The monoisotopic (exact) mass is 158 g/mol. The second kappa shape index (κ2) is 2.49. The lowest BCUT2D eigenvalue weighted by molar-refractivity contribution is -0.141. The van der Waals surface area contributed by atoms with Gasteiger partial charge >= 0.3 is 11.7 Å². The summed E-state index contributed by atoms with van der Waals surface area (Å²) >= 11 is 0. The van der Waals surface area contributed by atoms with Crippen LogP contribution >= 0.6 is 0 Å². The molecule has 6 nitrogen and oxygen atoms in total. The Bertz CT molecular complexity index is 323. The predicted molar refractivity (Wildman–Crippen MR) is 34.0 cm³/mol. The summed E-state index contributed by atoms with van der Waals surface area (Å²) < 4.78 is 0.609. The number of aromatic hydroxyl groups is 1. The quantitative estimate of drug-likeness (QED) is 0.540. The molecule has 0 atom stereocenters. The largest absolute Gasteiger partial charge is 0.493 e. The van der Waals surface area contributed by atoms with Crippen LogP contribution in [0, 0.1) is 0 Å². The minimum absolute atomic E-state index is 0.351. The van der Waals surface area contributed by atoms with Gasteiger partial charge in [0.2, 0.25) is 5.88 Å². The van der Waals surface area contributed by atoms with Crippen molar-refractivity contribution < 1.29 is 14.7 Å². The molecule has 0 amide bonds. The third kappa shape index (κ3) is 1.60. The van der Waals surface area contributed by atoms with Crippen molar-refractivity contribution in [3.8, 4) is 5.88 Å². The van der Waals surface area contributed by atoms with Gasteiger partial charge in [0.25, 0.3) is 0 Å². The van der Waals surface area contributed by atoms with Gasteiger partial charge in [-0.3, -0.25) is 4.98 Å². The van der Waals surface area contributed by atoms with E-state index in [1.54, 1.807) is 0 Å². The summed E-state index contributed by atoms with van der Waals surface area (Å²) in [5.74, 6) is -0.984. The molecule has 1 rings (SSSR count). The number of hydrogen-bond acceptors (Lipinski definition) is 4. The van der Waals surface area contributed by atoms with Gasteiger partial charge in [-0.05, 0) is 0 Å². The highest BCUT2D eigenvalue weighted by molar-refractivity contribution is 5.66. The Morgan fingerprint density at radius 3 is 2.82 bits per heavy atom.